The zero-order chi connectivity index (χ0) is 31.3. The molecule has 0 amide bonds. The van der Waals surface area contributed by atoms with Gasteiger partial charge in [0, 0.05) is 43.6 Å². The van der Waals surface area contributed by atoms with Crippen molar-refractivity contribution in [1.82, 2.24) is 9.97 Å². The largest absolute Gasteiger partial charge is 0.354 e. The van der Waals surface area contributed by atoms with Crippen LogP contribution in [0.25, 0.3) is 109 Å². The molecule has 11 rings (SSSR count). The zero-order valence-corrected chi connectivity index (χ0v) is 26.0. The highest BCUT2D eigenvalue weighted by atomic mass is 14.7. The Hall–Kier alpha value is -6.38. The maximum absolute atomic E-state index is 3.71. The minimum Gasteiger partial charge on any atom is -0.354 e. The highest BCUT2D eigenvalue weighted by Crippen LogP contribution is 2.40. The maximum atomic E-state index is 3.71. The average molecular weight is 609 g/mol. The zero-order valence-electron chi connectivity index (χ0n) is 26.0. The number of fused-ring (bicyclic) bond motifs is 12. The van der Waals surface area contributed by atoms with Gasteiger partial charge < -0.3 is 9.97 Å². The predicted octanol–water partition coefficient (Wildman–Crippen LogP) is 12.9. The molecule has 2 nitrogen and oxygen atoms in total. The van der Waals surface area contributed by atoms with Gasteiger partial charge in [0.2, 0.25) is 0 Å². The molecule has 0 unspecified atom stereocenters. The van der Waals surface area contributed by atoms with Crippen LogP contribution in [0.1, 0.15) is 0 Å². The molecule has 0 bridgehead atoms. The fraction of sp³-hybridized carbons (Fsp3) is 0. The van der Waals surface area contributed by atoms with Gasteiger partial charge in [-0.25, -0.2) is 0 Å². The molecule has 0 fully saturated rings. The summed E-state index contributed by atoms with van der Waals surface area (Å²) < 4.78 is 0. The summed E-state index contributed by atoms with van der Waals surface area (Å²) in [4.78, 5) is 7.42. The minimum atomic E-state index is 1.17. The number of rotatable bonds is 2. The van der Waals surface area contributed by atoms with Crippen molar-refractivity contribution in [1.29, 1.82) is 0 Å². The van der Waals surface area contributed by atoms with Crippen LogP contribution in [0, 0.1) is 0 Å². The first-order valence-electron chi connectivity index (χ1n) is 16.6. The summed E-state index contributed by atoms with van der Waals surface area (Å²) in [5, 5.41) is 15.3. The van der Waals surface area contributed by atoms with E-state index >= 15 is 0 Å². The molecule has 0 aliphatic rings. The van der Waals surface area contributed by atoms with Crippen LogP contribution < -0.4 is 0 Å². The monoisotopic (exact) mass is 608 g/mol. The molecular formula is C46H28N2. The van der Waals surface area contributed by atoms with Crippen LogP contribution in [0.3, 0.4) is 0 Å². The van der Waals surface area contributed by atoms with E-state index in [0.717, 1.165) is 0 Å². The van der Waals surface area contributed by atoms with Crippen molar-refractivity contribution in [3.63, 3.8) is 0 Å². The van der Waals surface area contributed by atoms with Gasteiger partial charge in [-0.1, -0.05) is 121 Å². The number of benzene rings is 9. The first kappa shape index (κ1) is 25.8. The number of aromatic nitrogens is 2. The van der Waals surface area contributed by atoms with Crippen molar-refractivity contribution in [3.05, 3.63) is 158 Å². The van der Waals surface area contributed by atoms with Gasteiger partial charge in [-0.2, -0.15) is 0 Å². The maximum Gasteiger partial charge on any atom is 0.0471 e. The van der Waals surface area contributed by atoms with Crippen LogP contribution in [-0.2, 0) is 0 Å². The van der Waals surface area contributed by atoms with Gasteiger partial charge in [-0.3, -0.25) is 0 Å². The first-order valence-corrected chi connectivity index (χ1v) is 16.6. The van der Waals surface area contributed by atoms with Crippen LogP contribution in [0.2, 0.25) is 0 Å². The van der Waals surface area contributed by atoms with E-state index in [2.05, 4.69) is 168 Å². The van der Waals surface area contributed by atoms with Crippen LogP contribution in [0.5, 0.6) is 0 Å². The van der Waals surface area contributed by atoms with E-state index in [-0.39, 0.29) is 0 Å². The molecule has 2 N–H and O–H groups in total. The Morgan fingerprint density at radius 1 is 0.271 bits per heavy atom. The van der Waals surface area contributed by atoms with Crippen LogP contribution in [0.15, 0.2) is 158 Å². The average Bonchev–Trinajstić information content (AvgIpc) is 3.71. The van der Waals surface area contributed by atoms with Gasteiger partial charge >= 0.3 is 0 Å². The minimum absolute atomic E-state index is 1.17. The van der Waals surface area contributed by atoms with E-state index in [9.17, 15) is 0 Å². The molecule has 0 radical (unpaired) electrons. The summed E-state index contributed by atoms with van der Waals surface area (Å²) in [7, 11) is 0. The second kappa shape index (κ2) is 9.57. The number of hydrogen-bond acceptors (Lipinski definition) is 0. The van der Waals surface area contributed by atoms with Crippen molar-refractivity contribution in [2.75, 3.05) is 0 Å². The van der Waals surface area contributed by atoms with E-state index in [1.165, 1.54) is 109 Å². The van der Waals surface area contributed by atoms with Crippen LogP contribution in [0.4, 0.5) is 0 Å². The SMILES string of the molecule is c1cc(-c2ccc3c(c2)[nH]c2ccc4ccccc4c23)c2cc3cccc(-c4ccc5c(c4)[nH]c4ccc6ccccc6c45)c3cc2c1. The predicted molar refractivity (Wildman–Crippen MR) is 206 cm³/mol. The molecule has 2 heterocycles. The molecule has 0 spiro atoms. The lowest BCUT2D eigenvalue weighted by atomic mass is 9.91. The lowest BCUT2D eigenvalue weighted by Crippen LogP contribution is -1.86. The Bertz CT molecular complexity index is 2910. The molecule has 9 aromatic carbocycles. The Morgan fingerprint density at radius 3 is 1.23 bits per heavy atom. The molecule has 0 saturated carbocycles. The third-order valence-corrected chi connectivity index (χ3v) is 10.5. The van der Waals surface area contributed by atoms with Crippen molar-refractivity contribution in [2.24, 2.45) is 0 Å². The summed E-state index contributed by atoms with van der Waals surface area (Å²) in [6, 6.07) is 58.0. The molecule has 0 saturated heterocycles. The summed E-state index contributed by atoms with van der Waals surface area (Å²) in [5.74, 6) is 0. The van der Waals surface area contributed by atoms with E-state index in [1.54, 1.807) is 0 Å². The van der Waals surface area contributed by atoms with E-state index in [4.69, 9.17) is 0 Å². The molecule has 222 valence electrons. The Labute approximate surface area is 275 Å². The van der Waals surface area contributed by atoms with Crippen molar-refractivity contribution in [2.45, 2.75) is 0 Å². The lowest BCUT2D eigenvalue weighted by Gasteiger charge is -2.12. The molecule has 0 aliphatic carbocycles. The Kier molecular flexibility index (Phi) is 5.14. The van der Waals surface area contributed by atoms with Crippen LogP contribution in [-0.4, -0.2) is 9.97 Å². The highest BCUT2D eigenvalue weighted by molar-refractivity contribution is 6.22. The summed E-state index contributed by atoms with van der Waals surface area (Å²) in [5.41, 5.74) is 9.62. The van der Waals surface area contributed by atoms with Gasteiger partial charge in [-0.05, 0) is 102 Å². The first-order chi connectivity index (χ1) is 23.8. The fourth-order valence-electron chi connectivity index (χ4n) is 8.24. The van der Waals surface area contributed by atoms with Crippen LogP contribution >= 0.6 is 0 Å². The summed E-state index contributed by atoms with van der Waals surface area (Å²) in [6.45, 7) is 0. The Morgan fingerprint density at radius 2 is 0.729 bits per heavy atom. The standard InChI is InChI=1S/C46H28N2/c1-3-11-35-27(7-1)17-21-41-45(35)37-19-15-31(25-43(37)47-41)33-13-5-9-29-24-40-30(23-39(29)33)10-6-14-34(40)32-16-20-38-44(26-32)48-42-22-18-28-8-2-4-12-36(28)46(38)42/h1-26,47-48H. The van der Waals surface area contributed by atoms with Gasteiger partial charge in [0.15, 0.2) is 0 Å². The van der Waals surface area contributed by atoms with Gasteiger partial charge in [0.05, 0.1) is 0 Å². The topological polar surface area (TPSA) is 31.6 Å². The number of nitrogens with one attached hydrogen (secondary N) is 2. The second-order valence-electron chi connectivity index (χ2n) is 13.1. The number of aromatic amines is 2. The Balaban J connectivity index is 1.06. The van der Waals surface area contributed by atoms with Crippen molar-refractivity contribution < 1.29 is 0 Å². The van der Waals surface area contributed by atoms with Gasteiger partial charge in [0.1, 0.15) is 0 Å². The molecule has 48 heavy (non-hydrogen) atoms. The lowest BCUT2D eigenvalue weighted by molar-refractivity contribution is 1.55. The molecular weight excluding hydrogens is 581 g/mol. The van der Waals surface area contributed by atoms with Crippen molar-refractivity contribution >= 4 is 86.7 Å². The number of H-pyrrole nitrogens is 2. The fourth-order valence-corrected chi connectivity index (χ4v) is 8.24. The molecule has 0 aliphatic heterocycles. The molecule has 11 aromatic rings. The summed E-state index contributed by atoms with van der Waals surface area (Å²) >= 11 is 0. The van der Waals surface area contributed by atoms with Crippen molar-refractivity contribution in [3.8, 4) is 22.3 Å². The molecule has 2 aromatic heterocycles. The normalized spacial score (nSPS) is 12.2. The third-order valence-electron chi connectivity index (χ3n) is 10.5. The molecule has 2 heteroatoms. The smallest absolute Gasteiger partial charge is 0.0471 e. The second-order valence-corrected chi connectivity index (χ2v) is 13.1. The van der Waals surface area contributed by atoms with Gasteiger partial charge in [0.25, 0.3) is 0 Å². The van der Waals surface area contributed by atoms with E-state index in [0.29, 0.717) is 0 Å². The highest BCUT2D eigenvalue weighted by Gasteiger charge is 2.14. The quantitative estimate of drug-likeness (QED) is 0.183. The third kappa shape index (κ3) is 3.63. The molecule has 0 atom stereocenters. The van der Waals surface area contributed by atoms with Gasteiger partial charge in [-0.15, -0.1) is 0 Å². The van der Waals surface area contributed by atoms with E-state index < -0.39 is 0 Å². The summed E-state index contributed by atoms with van der Waals surface area (Å²) in [6.07, 6.45) is 0. The number of hydrogen-bond donors (Lipinski definition) is 2. The van der Waals surface area contributed by atoms with E-state index in [1.807, 2.05) is 0 Å².